The van der Waals surface area contributed by atoms with E-state index in [2.05, 4.69) is 12.2 Å². The predicted octanol–water partition coefficient (Wildman–Crippen LogP) is 1.41. The van der Waals surface area contributed by atoms with E-state index in [4.69, 9.17) is 4.74 Å². The van der Waals surface area contributed by atoms with Crippen LogP contribution in [0.4, 0.5) is 0 Å². The van der Waals surface area contributed by atoms with Crippen molar-refractivity contribution in [2.75, 3.05) is 32.9 Å². The van der Waals surface area contributed by atoms with Crippen molar-refractivity contribution in [1.82, 2.24) is 5.32 Å². The minimum Gasteiger partial charge on any atom is -0.396 e. The van der Waals surface area contributed by atoms with E-state index in [1.165, 1.54) is 25.7 Å². The lowest BCUT2D eigenvalue weighted by Crippen LogP contribution is -2.48. The molecule has 16 heavy (non-hydrogen) atoms. The van der Waals surface area contributed by atoms with Gasteiger partial charge in [-0.3, -0.25) is 0 Å². The average molecular weight is 227 g/mol. The quantitative estimate of drug-likeness (QED) is 0.746. The molecule has 0 spiro atoms. The number of aliphatic hydroxyl groups is 1. The fourth-order valence-electron chi connectivity index (χ4n) is 2.91. The normalized spacial score (nSPS) is 33.4. The highest BCUT2D eigenvalue weighted by atomic mass is 16.5. The number of hydrogen-bond donors (Lipinski definition) is 2. The van der Waals surface area contributed by atoms with Crippen LogP contribution in [-0.4, -0.2) is 38.0 Å². The standard InChI is InChI=1S/C13H25NO2/c1-13(9-16-10-13)8-14-6-11-4-2-3-5-12(11)7-15/h11-12,14-15H,2-10H2,1H3. The first-order valence-corrected chi connectivity index (χ1v) is 6.63. The van der Waals surface area contributed by atoms with Crippen LogP contribution in [0.2, 0.25) is 0 Å². The second-order valence-electron chi connectivity index (χ2n) is 5.92. The van der Waals surface area contributed by atoms with Crippen molar-refractivity contribution >= 4 is 0 Å². The van der Waals surface area contributed by atoms with Gasteiger partial charge in [-0.15, -0.1) is 0 Å². The number of hydrogen-bond acceptors (Lipinski definition) is 3. The van der Waals surface area contributed by atoms with Crippen LogP contribution in [0.3, 0.4) is 0 Å². The Morgan fingerprint density at radius 2 is 1.94 bits per heavy atom. The summed E-state index contributed by atoms with van der Waals surface area (Å²) in [5, 5.41) is 12.9. The Bertz CT molecular complexity index is 216. The Morgan fingerprint density at radius 3 is 2.50 bits per heavy atom. The second kappa shape index (κ2) is 5.48. The van der Waals surface area contributed by atoms with E-state index < -0.39 is 0 Å². The van der Waals surface area contributed by atoms with Crippen LogP contribution in [0.5, 0.6) is 0 Å². The van der Waals surface area contributed by atoms with Crippen molar-refractivity contribution in [2.24, 2.45) is 17.3 Å². The molecule has 2 rings (SSSR count). The largest absolute Gasteiger partial charge is 0.396 e. The zero-order valence-corrected chi connectivity index (χ0v) is 10.4. The van der Waals surface area contributed by atoms with E-state index in [1.54, 1.807) is 0 Å². The molecule has 2 aliphatic rings. The molecule has 94 valence electrons. The summed E-state index contributed by atoms with van der Waals surface area (Å²) in [7, 11) is 0. The molecule has 0 aromatic carbocycles. The third kappa shape index (κ3) is 2.96. The molecule has 3 heteroatoms. The molecule has 1 aliphatic heterocycles. The SMILES string of the molecule is CC1(CNCC2CCCCC2CO)COC1. The maximum absolute atomic E-state index is 9.33. The summed E-state index contributed by atoms with van der Waals surface area (Å²) in [5.41, 5.74) is 0.364. The summed E-state index contributed by atoms with van der Waals surface area (Å²) in [6.07, 6.45) is 5.13. The molecule has 0 bridgehead atoms. The summed E-state index contributed by atoms with van der Waals surface area (Å²) < 4.78 is 5.24. The van der Waals surface area contributed by atoms with Crippen molar-refractivity contribution in [3.8, 4) is 0 Å². The van der Waals surface area contributed by atoms with Crippen molar-refractivity contribution in [3.63, 3.8) is 0 Å². The Hall–Kier alpha value is -0.120. The smallest absolute Gasteiger partial charge is 0.0554 e. The molecule has 2 fully saturated rings. The summed E-state index contributed by atoms with van der Waals surface area (Å²) in [6.45, 7) is 6.56. The monoisotopic (exact) mass is 227 g/mol. The van der Waals surface area contributed by atoms with Gasteiger partial charge >= 0.3 is 0 Å². The van der Waals surface area contributed by atoms with Gasteiger partial charge < -0.3 is 15.2 Å². The van der Waals surface area contributed by atoms with E-state index in [-0.39, 0.29) is 0 Å². The summed E-state index contributed by atoms with van der Waals surface area (Å²) in [6, 6.07) is 0. The number of aliphatic hydroxyl groups excluding tert-OH is 1. The number of rotatable bonds is 5. The molecular formula is C13H25NO2. The van der Waals surface area contributed by atoms with Crippen molar-refractivity contribution < 1.29 is 9.84 Å². The Morgan fingerprint density at radius 1 is 1.25 bits per heavy atom. The van der Waals surface area contributed by atoms with Crippen LogP contribution in [-0.2, 0) is 4.74 Å². The van der Waals surface area contributed by atoms with Crippen LogP contribution in [0.15, 0.2) is 0 Å². The number of ether oxygens (including phenoxy) is 1. The van der Waals surface area contributed by atoms with Gasteiger partial charge in [-0.25, -0.2) is 0 Å². The van der Waals surface area contributed by atoms with Crippen LogP contribution in [0, 0.1) is 17.3 Å². The molecule has 1 saturated carbocycles. The maximum atomic E-state index is 9.33. The van der Waals surface area contributed by atoms with Crippen LogP contribution >= 0.6 is 0 Å². The van der Waals surface area contributed by atoms with Gasteiger partial charge in [-0.2, -0.15) is 0 Å². The summed E-state index contributed by atoms with van der Waals surface area (Å²) in [4.78, 5) is 0. The van der Waals surface area contributed by atoms with Crippen LogP contribution < -0.4 is 5.32 Å². The molecule has 0 aromatic rings. The Kier molecular flexibility index (Phi) is 4.22. The highest BCUT2D eigenvalue weighted by Crippen LogP contribution is 2.30. The third-order valence-corrected chi connectivity index (χ3v) is 4.16. The lowest BCUT2D eigenvalue weighted by Gasteiger charge is -2.39. The minimum atomic E-state index is 0.364. The second-order valence-corrected chi connectivity index (χ2v) is 5.92. The fraction of sp³-hybridized carbons (Fsp3) is 1.00. The molecule has 2 atom stereocenters. The Labute approximate surface area is 98.6 Å². The molecule has 0 radical (unpaired) electrons. The molecular weight excluding hydrogens is 202 g/mol. The third-order valence-electron chi connectivity index (χ3n) is 4.16. The first kappa shape index (κ1) is 12.3. The van der Waals surface area contributed by atoms with E-state index in [0.717, 1.165) is 26.3 Å². The number of nitrogens with one attached hydrogen (secondary N) is 1. The van der Waals surface area contributed by atoms with E-state index in [0.29, 0.717) is 23.9 Å². The molecule has 3 nitrogen and oxygen atoms in total. The molecule has 2 unspecified atom stereocenters. The molecule has 1 aliphatic carbocycles. The highest BCUT2D eigenvalue weighted by molar-refractivity contribution is 4.84. The molecule has 1 saturated heterocycles. The predicted molar refractivity (Wildman–Crippen MR) is 64.3 cm³/mol. The van der Waals surface area contributed by atoms with Crippen LogP contribution in [0.25, 0.3) is 0 Å². The molecule has 2 N–H and O–H groups in total. The van der Waals surface area contributed by atoms with Gasteiger partial charge in [0, 0.05) is 18.6 Å². The minimum absolute atomic E-state index is 0.364. The fourth-order valence-corrected chi connectivity index (χ4v) is 2.91. The zero-order valence-electron chi connectivity index (χ0n) is 10.4. The maximum Gasteiger partial charge on any atom is 0.0554 e. The molecule has 1 heterocycles. The molecule has 0 aromatic heterocycles. The van der Waals surface area contributed by atoms with Crippen molar-refractivity contribution in [2.45, 2.75) is 32.6 Å². The lowest BCUT2D eigenvalue weighted by molar-refractivity contribution is -0.0995. The lowest BCUT2D eigenvalue weighted by atomic mass is 9.79. The van der Waals surface area contributed by atoms with E-state index in [1.807, 2.05) is 0 Å². The van der Waals surface area contributed by atoms with E-state index >= 15 is 0 Å². The topological polar surface area (TPSA) is 41.5 Å². The van der Waals surface area contributed by atoms with Gasteiger partial charge in [0.15, 0.2) is 0 Å². The average Bonchev–Trinajstić information content (AvgIpc) is 2.27. The first-order chi connectivity index (χ1) is 7.73. The zero-order chi connectivity index (χ0) is 11.4. The summed E-state index contributed by atoms with van der Waals surface area (Å²) in [5.74, 6) is 1.22. The van der Waals surface area contributed by atoms with Crippen molar-refractivity contribution in [3.05, 3.63) is 0 Å². The van der Waals surface area contributed by atoms with E-state index in [9.17, 15) is 5.11 Å². The van der Waals surface area contributed by atoms with Crippen LogP contribution in [0.1, 0.15) is 32.6 Å². The highest BCUT2D eigenvalue weighted by Gasteiger charge is 2.33. The van der Waals surface area contributed by atoms with Gasteiger partial charge in [0.05, 0.1) is 13.2 Å². The Balaban J connectivity index is 1.67. The van der Waals surface area contributed by atoms with Gasteiger partial charge in [-0.1, -0.05) is 19.8 Å². The van der Waals surface area contributed by atoms with Gasteiger partial charge in [0.2, 0.25) is 0 Å². The summed E-state index contributed by atoms with van der Waals surface area (Å²) >= 11 is 0. The van der Waals surface area contributed by atoms with Crippen molar-refractivity contribution in [1.29, 1.82) is 0 Å². The van der Waals surface area contributed by atoms with Gasteiger partial charge in [-0.05, 0) is 31.2 Å². The molecule has 0 amide bonds. The van der Waals surface area contributed by atoms with Gasteiger partial charge in [0.1, 0.15) is 0 Å². The van der Waals surface area contributed by atoms with Gasteiger partial charge in [0.25, 0.3) is 0 Å². The first-order valence-electron chi connectivity index (χ1n) is 6.63.